The molecule has 2 N–H and O–H groups in total. The van der Waals surface area contributed by atoms with Gasteiger partial charge < -0.3 is 29.6 Å². The Labute approximate surface area is 167 Å². The van der Waals surface area contributed by atoms with Gasteiger partial charge in [-0.05, 0) is 42.3 Å². The lowest BCUT2D eigenvalue weighted by Crippen LogP contribution is -2.45. The molecule has 29 heavy (non-hydrogen) atoms. The van der Waals surface area contributed by atoms with E-state index in [0.717, 1.165) is 11.3 Å². The first-order valence-electron chi connectivity index (χ1n) is 9.03. The molecule has 0 saturated heterocycles. The summed E-state index contributed by atoms with van der Waals surface area (Å²) in [4.78, 5) is 24.9. The van der Waals surface area contributed by atoms with Crippen molar-refractivity contribution in [2.45, 2.75) is 19.6 Å². The zero-order valence-electron chi connectivity index (χ0n) is 16.0. The average Bonchev–Trinajstić information content (AvgIpc) is 3.19. The molecular weight excluding hydrogens is 376 g/mol. The van der Waals surface area contributed by atoms with Crippen LogP contribution < -0.4 is 24.8 Å². The number of methoxy groups -OCH3 is 1. The van der Waals surface area contributed by atoms with E-state index < -0.39 is 18.0 Å². The zero-order valence-corrected chi connectivity index (χ0v) is 16.0. The van der Waals surface area contributed by atoms with Crippen molar-refractivity contribution in [1.29, 1.82) is 0 Å². The summed E-state index contributed by atoms with van der Waals surface area (Å²) in [6.07, 6.45) is 0. The number of nitrogens with one attached hydrogen (secondary N) is 2. The number of benzene rings is 2. The van der Waals surface area contributed by atoms with Crippen LogP contribution in [0.1, 0.15) is 24.1 Å². The summed E-state index contributed by atoms with van der Waals surface area (Å²) >= 11 is 0. The Bertz CT molecular complexity index is 983. The van der Waals surface area contributed by atoms with E-state index in [1.165, 1.54) is 0 Å². The first kappa shape index (κ1) is 18.7. The minimum atomic E-state index is -0.665. The average molecular weight is 396 g/mol. The summed E-state index contributed by atoms with van der Waals surface area (Å²) in [6, 6.07) is 11.5. The molecule has 2 heterocycles. The number of ether oxygens (including phenoxy) is 4. The SMILES string of the molecule is COc1ccc(COC(=O)C2=C(C)NC(=O)NC2c2ccc3c(c2)OCO3)cc1. The molecule has 2 aromatic rings. The predicted octanol–water partition coefficient (Wildman–Crippen LogP) is 2.80. The van der Waals surface area contributed by atoms with Crippen LogP contribution in [0.5, 0.6) is 17.2 Å². The lowest BCUT2D eigenvalue weighted by atomic mass is 9.95. The van der Waals surface area contributed by atoms with Crippen LogP contribution in [0, 0.1) is 0 Å². The van der Waals surface area contributed by atoms with Crippen molar-refractivity contribution in [2.75, 3.05) is 13.9 Å². The van der Waals surface area contributed by atoms with Gasteiger partial charge in [0, 0.05) is 5.70 Å². The number of carbonyl (C=O) groups is 2. The van der Waals surface area contributed by atoms with Crippen LogP contribution in [-0.2, 0) is 16.1 Å². The molecule has 150 valence electrons. The van der Waals surface area contributed by atoms with E-state index in [1.54, 1.807) is 44.4 Å². The molecule has 1 unspecified atom stereocenters. The number of carbonyl (C=O) groups excluding carboxylic acids is 2. The van der Waals surface area contributed by atoms with Gasteiger partial charge >= 0.3 is 12.0 Å². The molecule has 0 bridgehead atoms. The van der Waals surface area contributed by atoms with Crippen LogP contribution in [-0.4, -0.2) is 25.9 Å². The number of urea groups is 1. The number of fused-ring (bicyclic) bond motifs is 1. The fourth-order valence-corrected chi connectivity index (χ4v) is 3.26. The largest absolute Gasteiger partial charge is 0.497 e. The summed E-state index contributed by atoms with van der Waals surface area (Å²) in [5, 5.41) is 5.41. The van der Waals surface area contributed by atoms with Crippen molar-refractivity contribution in [1.82, 2.24) is 10.6 Å². The van der Waals surface area contributed by atoms with E-state index in [2.05, 4.69) is 10.6 Å². The normalized spacial score (nSPS) is 17.4. The Kier molecular flexibility index (Phi) is 4.99. The third kappa shape index (κ3) is 3.82. The molecule has 0 aromatic heterocycles. The molecule has 1 atom stereocenters. The Morgan fingerprint density at radius 3 is 2.66 bits per heavy atom. The van der Waals surface area contributed by atoms with Gasteiger partial charge in [-0.25, -0.2) is 9.59 Å². The number of rotatable bonds is 5. The second kappa shape index (κ2) is 7.75. The van der Waals surface area contributed by atoms with Crippen molar-refractivity contribution in [3.63, 3.8) is 0 Å². The van der Waals surface area contributed by atoms with Gasteiger partial charge in [0.25, 0.3) is 0 Å². The standard InChI is InChI=1S/C21H20N2O6/c1-12-18(20(24)27-10-13-3-6-15(26-2)7-4-13)19(23-21(25)22-12)14-5-8-16-17(9-14)29-11-28-16/h3-9,19H,10-11H2,1-2H3,(H2,22,23,25). The van der Waals surface area contributed by atoms with Gasteiger partial charge in [0.15, 0.2) is 11.5 Å². The number of esters is 1. The van der Waals surface area contributed by atoms with E-state index in [9.17, 15) is 9.59 Å². The fourth-order valence-electron chi connectivity index (χ4n) is 3.26. The molecule has 8 nitrogen and oxygen atoms in total. The van der Waals surface area contributed by atoms with Crippen molar-refractivity contribution in [3.8, 4) is 17.2 Å². The third-order valence-electron chi connectivity index (χ3n) is 4.75. The molecule has 4 rings (SSSR count). The van der Waals surface area contributed by atoms with Crippen LogP contribution in [0.4, 0.5) is 4.79 Å². The molecule has 0 saturated carbocycles. The first-order valence-corrected chi connectivity index (χ1v) is 9.03. The van der Waals surface area contributed by atoms with E-state index in [-0.39, 0.29) is 13.4 Å². The van der Waals surface area contributed by atoms with Gasteiger partial charge in [-0.15, -0.1) is 0 Å². The van der Waals surface area contributed by atoms with E-state index >= 15 is 0 Å². The van der Waals surface area contributed by atoms with Gasteiger partial charge in [-0.1, -0.05) is 18.2 Å². The zero-order chi connectivity index (χ0) is 20.4. The number of allylic oxidation sites excluding steroid dienone is 1. The topological polar surface area (TPSA) is 95.1 Å². The van der Waals surface area contributed by atoms with Crippen molar-refractivity contribution in [3.05, 3.63) is 64.9 Å². The second-order valence-electron chi connectivity index (χ2n) is 6.61. The Balaban J connectivity index is 1.55. The first-order chi connectivity index (χ1) is 14.0. The second-order valence-corrected chi connectivity index (χ2v) is 6.61. The lowest BCUT2D eigenvalue weighted by molar-refractivity contribution is -0.140. The van der Waals surface area contributed by atoms with Crippen molar-refractivity contribution < 1.29 is 28.5 Å². The fraction of sp³-hybridized carbons (Fsp3) is 0.238. The predicted molar refractivity (Wildman–Crippen MR) is 102 cm³/mol. The molecule has 0 radical (unpaired) electrons. The van der Waals surface area contributed by atoms with Crippen LogP contribution in [0.15, 0.2) is 53.7 Å². The van der Waals surface area contributed by atoms with E-state index in [0.29, 0.717) is 28.3 Å². The summed E-state index contributed by atoms with van der Waals surface area (Å²) in [7, 11) is 1.59. The van der Waals surface area contributed by atoms with Crippen molar-refractivity contribution >= 4 is 12.0 Å². The molecular formula is C21H20N2O6. The Morgan fingerprint density at radius 2 is 1.90 bits per heavy atom. The quantitative estimate of drug-likeness (QED) is 0.755. The molecule has 0 fully saturated rings. The minimum Gasteiger partial charge on any atom is -0.497 e. The molecule has 2 aliphatic heterocycles. The number of hydrogen-bond donors (Lipinski definition) is 2. The van der Waals surface area contributed by atoms with Gasteiger partial charge in [0.1, 0.15) is 12.4 Å². The molecule has 2 aliphatic rings. The Morgan fingerprint density at radius 1 is 1.14 bits per heavy atom. The van der Waals surface area contributed by atoms with Crippen LogP contribution in [0.2, 0.25) is 0 Å². The summed E-state index contributed by atoms with van der Waals surface area (Å²) in [6.45, 7) is 1.91. The smallest absolute Gasteiger partial charge is 0.338 e. The monoisotopic (exact) mass is 396 g/mol. The minimum absolute atomic E-state index is 0.0986. The maximum Gasteiger partial charge on any atom is 0.338 e. The van der Waals surface area contributed by atoms with Gasteiger partial charge in [0.2, 0.25) is 6.79 Å². The highest BCUT2D eigenvalue weighted by molar-refractivity contribution is 5.95. The summed E-state index contributed by atoms with van der Waals surface area (Å²) in [5.41, 5.74) is 2.29. The Hall–Kier alpha value is -3.68. The number of hydrogen-bond acceptors (Lipinski definition) is 6. The molecule has 8 heteroatoms. The van der Waals surface area contributed by atoms with E-state index in [1.807, 2.05) is 12.1 Å². The summed E-state index contributed by atoms with van der Waals surface area (Å²) < 4.78 is 21.4. The van der Waals surface area contributed by atoms with Crippen LogP contribution >= 0.6 is 0 Å². The number of amides is 2. The van der Waals surface area contributed by atoms with Crippen LogP contribution in [0.25, 0.3) is 0 Å². The maximum absolute atomic E-state index is 12.9. The highest BCUT2D eigenvalue weighted by Gasteiger charge is 2.33. The molecule has 2 amide bonds. The third-order valence-corrected chi connectivity index (χ3v) is 4.75. The van der Waals surface area contributed by atoms with E-state index in [4.69, 9.17) is 18.9 Å². The van der Waals surface area contributed by atoms with Gasteiger partial charge in [-0.3, -0.25) is 0 Å². The van der Waals surface area contributed by atoms with Crippen LogP contribution in [0.3, 0.4) is 0 Å². The van der Waals surface area contributed by atoms with Crippen molar-refractivity contribution in [2.24, 2.45) is 0 Å². The highest BCUT2D eigenvalue weighted by atomic mass is 16.7. The highest BCUT2D eigenvalue weighted by Crippen LogP contribution is 2.37. The maximum atomic E-state index is 12.9. The lowest BCUT2D eigenvalue weighted by Gasteiger charge is -2.28. The molecule has 2 aromatic carbocycles. The molecule has 0 aliphatic carbocycles. The van der Waals surface area contributed by atoms with Gasteiger partial charge in [0.05, 0.1) is 18.7 Å². The summed E-state index contributed by atoms with van der Waals surface area (Å²) in [5.74, 6) is 1.39. The molecule has 0 spiro atoms. The van der Waals surface area contributed by atoms with Gasteiger partial charge in [-0.2, -0.15) is 0 Å².